The molecule has 0 atom stereocenters. The van der Waals surface area contributed by atoms with E-state index in [0.29, 0.717) is 18.8 Å². The van der Waals surface area contributed by atoms with Crippen molar-refractivity contribution in [3.63, 3.8) is 0 Å². The fourth-order valence-electron chi connectivity index (χ4n) is 2.86. The predicted molar refractivity (Wildman–Crippen MR) is 104 cm³/mol. The average Bonchev–Trinajstić information content (AvgIpc) is 2.79. The maximum absolute atomic E-state index is 14.0. The van der Waals surface area contributed by atoms with Gasteiger partial charge in [0.15, 0.2) is 0 Å². The van der Waals surface area contributed by atoms with Crippen molar-refractivity contribution in [2.45, 2.75) is 60.7 Å². The molecule has 0 saturated carbocycles. The Morgan fingerprint density at radius 3 is 1.31 bits per heavy atom. The molecule has 0 aromatic heterocycles. The molecule has 3 nitrogen and oxygen atoms in total. The fourth-order valence-corrected chi connectivity index (χ4v) is 2.98. The minimum Gasteiger partial charge on any atom is -0.372 e. The van der Waals surface area contributed by atoms with E-state index in [1.54, 1.807) is 18.7 Å². The van der Waals surface area contributed by atoms with Gasteiger partial charge in [-0.1, -0.05) is 0 Å². The molecular formula is C19H15ClF16N2O. The molecule has 0 unspecified atom stereocenters. The number of nitrogens with zero attached hydrogens (tertiary/aromatic N) is 1. The number of halogens is 17. The third-order valence-electron chi connectivity index (χ3n) is 5.26. The summed E-state index contributed by atoms with van der Waals surface area (Å²) in [6, 6.07) is 3.62. The first kappa shape index (κ1) is 34.7. The van der Waals surface area contributed by atoms with E-state index in [2.05, 4.69) is 11.6 Å². The first-order valence-corrected chi connectivity index (χ1v) is 10.4. The van der Waals surface area contributed by atoms with Gasteiger partial charge >= 0.3 is 52.7 Å². The smallest absolute Gasteiger partial charge is 0.372 e. The highest BCUT2D eigenvalue weighted by Gasteiger charge is 2.95. The Bertz CT molecular complexity index is 1020. The average molecular weight is 627 g/mol. The maximum atomic E-state index is 14.0. The van der Waals surface area contributed by atoms with Crippen LogP contribution in [0.2, 0.25) is 0 Å². The zero-order valence-corrected chi connectivity index (χ0v) is 19.8. The Morgan fingerprint density at radius 2 is 0.974 bits per heavy atom. The third-order valence-corrected chi connectivity index (χ3v) is 5.50. The number of hydrogen-bond donors (Lipinski definition) is 1. The summed E-state index contributed by atoms with van der Waals surface area (Å²) in [5.74, 6) is -60.6. The Balaban J connectivity index is 3.48. The molecule has 0 spiro atoms. The second-order valence-electron chi connectivity index (χ2n) is 7.69. The standard InChI is InChI=1S/C19H15ClF16N2O/c1-3-38(4-2)10-7-5-9(6-8-10)37-11(39)12(21,22)13(23,24)14(25,26)15(27,28)16(29,30)17(31,32)18(33,34)19(20,35)36/h5-8H,3-4H2,1-2H3,(H,37,39). The quantitative estimate of drug-likeness (QED) is 0.190. The van der Waals surface area contributed by atoms with Gasteiger partial charge in [0.1, 0.15) is 0 Å². The summed E-state index contributed by atoms with van der Waals surface area (Å²) in [5, 5.41) is -5.97. The van der Waals surface area contributed by atoms with Gasteiger partial charge in [0.05, 0.1) is 0 Å². The molecule has 0 heterocycles. The molecule has 1 rings (SSSR count). The lowest BCUT2D eigenvalue weighted by Crippen LogP contribution is -2.75. The molecule has 0 bridgehead atoms. The number of rotatable bonds is 12. The van der Waals surface area contributed by atoms with Crippen molar-refractivity contribution in [3.05, 3.63) is 24.3 Å². The van der Waals surface area contributed by atoms with E-state index in [0.717, 1.165) is 29.6 Å². The molecule has 226 valence electrons. The Hall–Kier alpha value is -2.34. The Morgan fingerprint density at radius 1 is 0.641 bits per heavy atom. The Labute approximate surface area is 213 Å². The van der Waals surface area contributed by atoms with Crippen LogP contribution in [0.4, 0.5) is 81.6 Å². The van der Waals surface area contributed by atoms with Crippen molar-refractivity contribution < 1.29 is 75.0 Å². The van der Waals surface area contributed by atoms with Gasteiger partial charge in [0.2, 0.25) is 0 Å². The van der Waals surface area contributed by atoms with E-state index in [-0.39, 0.29) is 0 Å². The first-order valence-electron chi connectivity index (χ1n) is 10.0. The zero-order valence-electron chi connectivity index (χ0n) is 19.0. The molecule has 1 aromatic carbocycles. The third kappa shape index (κ3) is 5.14. The molecular weight excluding hydrogens is 612 g/mol. The van der Waals surface area contributed by atoms with Crippen LogP contribution in [-0.4, -0.2) is 65.8 Å². The van der Waals surface area contributed by atoms with Crippen molar-refractivity contribution in [3.8, 4) is 0 Å². The van der Waals surface area contributed by atoms with Gasteiger partial charge in [-0.25, -0.2) is 0 Å². The van der Waals surface area contributed by atoms with E-state index in [4.69, 9.17) is 0 Å². The highest BCUT2D eigenvalue weighted by molar-refractivity contribution is 6.22. The van der Waals surface area contributed by atoms with Crippen LogP contribution in [0.1, 0.15) is 13.8 Å². The second-order valence-corrected chi connectivity index (χ2v) is 8.17. The van der Waals surface area contributed by atoms with Crippen LogP contribution in [0, 0.1) is 0 Å². The van der Waals surface area contributed by atoms with Crippen molar-refractivity contribution in [2.24, 2.45) is 0 Å². The molecule has 39 heavy (non-hydrogen) atoms. The molecule has 0 saturated heterocycles. The highest BCUT2D eigenvalue weighted by atomic mass is 35.5. The molecule has 0 aliphatic heterocycles. The van der Waals surface area contributed by atoms with E-state index in [1.807, 2.05) is 0 Å². The van der Waals surface area contributed by atoms with Crippen LogP contribution in [0.25, 0.3) is 0 Å². The lowest BCUT2D eigenvalue weighted by Gasteiger charge is -2.42. The SMILES string of the molecule is CCN(CC)c1ccc(NC(=O)C(F)(F)C(F)(F)C(F)(F)C(F)(F)C(F)(F)C(F)(F)C(F)(F)C(F)(F)Cl)cc1. The van der Waals surface area contributed by atoms with Crippen LogP contribution in [0.5, 0.6) is 0 Å². The molecule has 1 amide bonds. The summed E-state index contributed by atoms with van der Waals surface area (Å²) in [7, 11) is 0. The summed E-state index contributed by atoms with van der Waals surface area (Å²) in [6.45, 7) is 4.10. The maximum Gasteiger partial charge on any atom is 0.393 e. The zero-order chi connectivity index (χ0) is 31.3. The molecule has 20 heteroatoms. The molecule has 0 aliphatic carbocycles. The summed E-state index contributed by atoms with van der Waals surface area (Å²) in [5.41, 5.74) is -0.508. The summed E-state index contributed by atoms with van der Waals surface area (Å²) in [6.07, 6.45) is 0. The number of benzene rings is 1. The molecule has 1 aromatic rings. The molecule has 1 N–H and O–H groups in total. The van der Waals surface area contributed by atoms with Crippen LogP contribution in [0.15, 0.2) is 24.3 Å². The van der Waals surface area contributed by atoms with E-state index < -0.39 is 58.4 Å². The number of anilines is 2. The number of hydrogen-bond acceptors (Lipinski definition) is 2. The number of amides is 1. The van der Waals surface area contributed by atoms with Crippen LogP contribution in [0.3, 0.4) is 0 Å². The number of carbonyl (C=O) groups is 1. The van der Waals surface area contributed by atoms with Gasteiger partial charge in [0, 0.05) is 24.5 Å². The van der Waals surface area contributed by atoms with Gasteiger partial charge in [0.25, 0.3) is 0 Å². The number of carbonyl (C=O) groups excluding carboxylic acids is 1. The van der Waals surface area contributed by atoms with Crippen molar-refractivity contribution >= 4 is 28.9 Å². The van der Waals surface area contributed by atoms with Gasteiger partial charge in [-0.2, -0.15) is 70.2 Å². The number of alkyl halides is 17. The van der Waals surface area contributed by atoms with E-state index >= 15 is 0 Å². The lowest BCUT2D eigenvalue weighted by molar-refractivity contribution is -0.445. The Kier molecular flexibility index (Phi) is 9.11. The van der Waals surface area contributed by atoms with Gasteiger partial charge in [-0.05, 0) is 49.7 Å². The molecule has 0 fully saturated rings. The fraction of sp³-hybridized carbons (Fsp3) is 0.632. The first-order chi connectivity index (χ1) is 17.1. The number of nitrogens with one attached hydrogen (secondary N) is 1. The van der Waals surface area contributed by atoms with Crippen molar-refractivity contribution in [2.75, 3.05) is 23.3 Å². The van der Waals surface area contributed by atoms with E-state index in [9.17, 15) is 75.0 Å². The van der Waals surface area contributed by atoms with Gasteiger partial charge < -0.3 is 10.2 Å². The summed E-state index contributed by atoms with van der Waals surface area (Å²) >= 11 is 3.45. The predicted octanol–water partition coefficient (Wildman–Crippen LogP) is 7.75. The summed E-state index contributed by atoms with van der Waals surface area (Å²) < 4.78 is 216. The van der Waals surface area contributed by atoms with Gasteiger partial charge in [-0.3, -0.25) is 4.79 Å². The van der Waals surface area contributed by atoms with Crippen molar-refractivity contribution in [1.29, 1.82) is 0 Å². The molecule has 0 aliphatic rings. The normalized spacial score (nSPS) is 14.8. The monoisotopic (exact) mass is 626 g/mol. The van der Waals surface area contributed by atoms with Crippen LogP contribution in [-0.2, 0) is 4.79 Å². The van der Waals surface area contributed by atoms with Crippen LogP contribution >= 0.6 is 11.6 Å². The molecule has 0 radical (unpaired) electrons. The lowest BCUT2D eigenvalue weighted by atomic mass is 9.89. The minimum atomic E-state index is -8.63. The topological polar surface area (TPSA) is 32.3 Å². The summed E-state index contributed by atoms with van der Waals surface area (Å²) in [4.78, 5) is 13.2. The van der Waals surface area contributed by atoms with E-state index in [1.165, 1.54) is 0 Å². The van der Waals surface area contributed by atoms with Gasteiger partial charge in [-0.15, -0.1) is 0 Å². The minimum absolute atomic E-state index is 0.351. The highest BCUT2D eigenvalue weighted by Crippen LogP contribution is 2.64. The van der Waals surface area contributed by atoms with Crippen LogP contribution < -0.4 is 10.2 Å². The van der Waals surface area contributed by atoms with Crippen molar-refractivity contribution in [1.82, 2.24) is 0 Å². The largest absolute Gasteiger partial charge is 0.393 e. The second kappa shape index (κ2) is 10.2.